The van der Waals surface area contributed by atoms with E-state index in [-0.39, 0.29) is 17.3 Å². The molecule has 0 fully saturated rings. The van der Waals surface area contributed by atoms with Gasteiger partial charge >= 0.3 is 0 Å². The molecule has 0 amide bonds. The Labute approximate surface area is 62.2 Å². The Morgan fingerprint density at radius 2 is 2.00 bits per heavy atom. The second kappa shape index (κ2) is 2.20. The molecule has 4 N–H and O–H groups in total. The molecule has 1 aromatic heterocycles. The minimum Gasteiger partial charge on any atom is -0.368 e. The lowest BCUT2D eigenvalue weighted by atomic mass is 10.4. The minimum absolute atomic E-state index is 0.0231. The molecule has 0 aliphatic heterocycles. The molecule has 0 spiro atoms. The molecule has 0 saturated heterocycles. The van der Waals surface area contributed by atoms with Crippen LogP contribution in [0.4, 0.5) is 5.95 Å². The Morgan fingerprint density at radius 1 is 1.36 bits per heavy atom. The molecule has 54 valence electrons. The Hall–Kier alpha value is -2.21. The van der Waals surface area contributed by atoms with Crippen molar-refractivity contribution in [2.45, 2.75) is 0 Å². The number of aromatic nitrogens is 2. The SMILES string of the molecule is N#Cc1nc(N)n(N)c1C#N. The Kier molecular flexibility index (Phi) is 1.38. The Balaban J connectivity index is 3.45. The molecule has 11 heavy (non-hydrogen) atoms. The van der Waals surface area contributed by atoms with Gasteiger partial charge in [-0.3, -0.25) is 0 Å². The summed E-state index contributed by atoms with van der Waals surface area (Å²) in [6, 6.07) is 3.40. The van der Waals surface area contributed by atoms with Gasteiger partial charge in [-0.05, 0) is 0 Å². The molecule has 1 rings (SSSR count). The number of nitriles is 2. The molecule has 1 heterocycles. The van der Waals surface area contributed by atoms with Gasteiger partial charge in [-0.25, -0.2) is 4.68 Å². The molecule has 6 nitrogen and oxygen atoms in total. The molecule has 0 aromatic carbocycles. The zero-order valence-electron chi connectivity index (χ0n) is 5.44. The molecular formula is C5H4N6. The van der Waals surface area contributed by atoms with Gasteiger partial charge in [0.15, 0.2) is 11.4 Å². The number of hydrogen-bond donors (Lipinski definition) is 2. The highest BCUT2D eigenvalue weighted by Crippen LogP contribution is 2.06. The van der Waals surface area contributed by atoms with Crippen molar-refractivity contribution in [3.63, 3.8) is 0 Å². The monoisotopic (exact) mass is 148 g/mol. The number of nitrogens with two attached hydrogens (primary N) is 2. The highest BCUT2D eigenvalue weighted by atomic mass is 15.4. The largest absolute Gasteiger partial charge is 0.368 e. The van der Waals surface area contributed by atoms with Crippen molar-refractivity contribution >= 4 is 5.95 Å². The molecule has 0 unspecified atom stereocenters. The van der Waals surface area contributed by atoms with Crippen molar-refractivity contribution in [1.82, 2.24) is 9.66 Å². The summed E-state index contributed by atoms with van der Waals surface area (Å²) in [5.41, 5.74) is 5.15. The molecule has 6 heteroatoms. The summed E-state index contributed by atoms with van der Waals surface area (Å²) in [6.07, 6.45) is 0. The second-order valence-corrected chi connectivity index (χ2v) is 1.76. The highest BCUT2D eigenvalue weighted by molar-refractivity contribution is 5.43. The maximum absolute atomic E-state index is 8.45. The number of rotatable bonds is 0. The molecule has 0 atom stereocenters. The maximum atomic E-state index is 8.45. The first-order valence-corrected chi connectivity index (χ1v) is 2.64. The van der Waals surface area contributed by atoms with Crippen LogP contribution in [0.2, 0.25) is 0 Å². The third-order valence-corrected chi connectivity index (χ3v) is 1.15. The van der Waals surface area contributed by atoms with Crippen LogP contribution in [-0.4, -0.2) is 9.66 Å². The fraction of sp³-hybridized carbons (Fsp3) is 0. The van der Waals surface area contributed by atoms with Crippen LogP contribution in [0.5, 0.6) is 0 Å². The lowest BCUT2D eigenvalue weighted by Gasteiger charge is -1.92. The summed E-state index contributed by atoms with van der Waals surface area (Å²) in [4.78, 5) is 3.53. The van der Waals surface area contributed by atoms with Gasteiger partial charge in [-0.2, -0.15) is 15.5 Å². The number of nitrogen functional groups attached to an aromatic ring is 2. The summed E-state index contributed by atoms with van der Waals surface area (Å²) < 4.78 is 0.874. The molecule has 0 saturated carbocycles. The van der Waals surface area contributed by atoms with E-state index in [4.69, 9.17) is 22.1 Å². The van der Waals surface area contributed by atoms with Crippen molar-refractivity contribution in [1.29, 1.82) is 10.5 Å². The van der Waals surface area contributed by atoms with E-state index in [1.54, 1.807) is 12.1 Å². The average molecular weight is 148 g/mol. The summed E-state index contributed by atoms with van der Waals surface area (Å²) in [7, 11) is 0. The van der Waals surface area contributed by atoms with Gasteiger partial charge in [0.05, 0.1) is 0 Å². The van der Waals surface area contributed by atoms with Crippen molar-refractivity contribution in [2.75, 3.05) is 11.6 Å². The topological polar surface area (TPSA) is 117 Å². The van der Waals surface area contributed by atoms with E-state index in [0.29, 0.717) is 0 Å². The Bertz CT molecular complexity index is 362. The van der Waals surface area contributed by atoms with Gasteiger partial charge < -0.3 is 11.6 Å². The van der Waals surface area contributed by atoms with Crippen LogP contribution in [0.25, 0.3) is 0 Å². The first-order valence-electron chi connectivity index (χ1n) is 2.64. The standard InChI is InChI=1S/C5H4N6/c6-1-3-4(2-7)11(9)5(8)10-3/h9H2,(H2,8,10). The van der Waals surface area contributed by atoms with E-state index in [2.05, 4.69) is 4.98 Å². The van der Waals surface area contributed by atoms with E-state index in [1.165, 1.54) is 0 Å². The summed E-state index contributed by atoms with van der Waals surface area (Å²) in [5, 5.41) is 16.8. The normalized spacial score (nSPS) is 8.55. The number of imidazole rings is 1. The number of anilines is 1. The molecule has 0 bridgehead atoms. The zero-order chi connectivity index (χ0) is 8.43. The molecule has 0 radical (unpaired) electrons. The number of nitrogens with zero attached hydrogens (tertiary/aromatic N) is 4. The fourth-order valence-electron chi connectivity index (χ4n) is 0.635. The smallest absolute Gasteiger partial charge is 0.221 e. The van der Waals surface area contributed by atoms with Gasteiger partial charge in [0, 0.05) is 0 Å². The third-order valence-electron chi connectivity index (χ3n) is 1.15. The van der Waals surface area contributed by atoms with Crippen molar-refractivity contribution in [3.8, 4) is 12.1 Å². The fourth-order valence-corrected chi connectivity index (χ4v) is 0.635. The highest BCUT2D eigenvalue weighted by Gasteiger charge is 2.11. The summed E-state index contributed by atoms with van der Waals surface area (Å²) in [5.74, 6) is 5.20. The lowest BCUT2D eigenvalue weighted by Crippen LogP contribution is -2.13. The molecular weight excluding hydrogens is 144 g/mol. The predicted molar refractivity (Wildman–Crippen MR) is 36.2 cm³/mol. The molecule has 0 aliphatic carbocycles. The maximum Gasteiger partial charge on any atom is 0.221 e. The van der Waals surface area contributed by atoms with Crippen LogP contribution in [0, 0.1) is 22.7 Å². The van der Waals surface area contributed by atoms with E-state index in [9.17, 15) is 0 Å². The van der Waals surface area contributed by atoms with Crippen molar-refractivity contribution < 1.29 is 0 Å². The summed E-state index contributed by atoms with van der Waals surface area (Å²) in [6.45, 7) is 0. The average Bonchev–Trinajstić information content (AvgIpc) is 2.28. The van der Waals surface area contributed by atoms with E-state index < -0.39 is 0 Å². The van der Waals surface area contributed by atoms with Gasteiger partial charge in [-0.15, -0.1) is 0 Å². The van der Waals surface area contributed by atoms with Crippen LogP contribution in [0.1, 0.15) is 11.4 Å². The van der Waals surface area contributed by atoms with Gasteiger partial charge in [0.25, 0.3) is 0 Å². The third kappa shape index (κ3) is 0.825. The predicted octanol–water partition coefficient (Wildman–Crippen LogP) is -1.08. The molecule has 0 aliphatic rings. The van der Waals surface area contributed by atoms with Crippen LogP contribution < -0.4 is 11.6 Å². The van der Waals surface area contributed by atoms with Crippen LogP contribution in [0.15, 0.2) is 0 Å². The summed E-state index contributed by atoms with van der Waals surface area (Å²) >= 11 is 0. The van der Waals surface area contributed by atoms with Crippen molar-refractivity contribution in [2.24, 2.45) is 0 Å². The first kappa shape index (κ1) is 6.90. The lowest BCUT2D eigenvalue weighted by molar-refractivity contribution is 0.995. The quantitative estimate of drug-likeness (QED) is 0.454. The minimum atomic E-state index is -0.0486. The van der Waals surface area contributed by atoms with Crippen molar-refractivity contribution in [3.05, 3.63) is 11.4 Å². The van der Waals surface area contributed by atoms with Crippen LogP contribution in [0.3, 0.4) is 0 Å². The second-order valence-electron chi connectivity index (χ2n) is 1.76. The van der Waals surface area contributed by atoms with Gasteiger partial charge in [0.2, 0.25) is 5.95 Å². The van der Waals surface area contributed by atoms with E-state index >= 15 is 0 Å². The van der Waals surface area contributed by atoms with Gasteiger partial charge in [0.1, 0.15) is 12.1 Å². The zero-order valence-corrected chi connectivity index (χ0v) is 5.44. The van der Waals surface area contributed by atoms with E-state index in [0.717, 1.165) is 4.68 Å². The van der Waals surface area contributed by atoms with Crippen LogP contribution in [-0.2, 0) is 0 Å². The molecule has 1 aromatic rings. The van der Waals surface area contributed by atoms with Gasteiger partial charge in [-0.1, -0.05) is 0 Å². The van der Waals surface area contributed by atoms with E-state index in [1.807, 2.05) is 0 Å². The van der Waals surface area contributed by atoms with Crippen LogP contribution >= 0.6 is 0 Å². The number of hydrogen-bond acceptors (Lipinski definition) is 5. The Morgan fingerprint density at radius 3 is 2.36 bits per heavy atom. The first-order chi connectivity index (χ1) is 5.20.